The van der Waals surface area contributed by atoms with Crippen molar-refractivity contribution in [1.29, 1.82) is 0 Å². The van der Waals surface area contributed by atoms with Crippen molar-refractivity contribution < 1.29 is 4.79 Å². The second kappa shape index (κ2) is 5.57. The van der Waals surface area contributed by atoms with E-state index < -0.39 is 0 Å². The molecule has 100 valence electrons. The molecule has 2 rings (SSSR count). The number of halogens is 1. The Kier molecular flexibility index (Phi) is 4.85. The standard InChI is InChI=1S/C13H24N2O.ClH/c1-12(5-3-4-6-12)9-15-11(16)13(2)7-8-14-10-13;/h14H,3-10H2,1-2H3,(H,15,16);1H. The Morgan fingerprint density at radius 1 is 1.24 bits per heavy atom. The molecule has 2 fully saturated rings. The molecule has 0 radical (unpaired) electrons. The van der Waals surface area contributed by atoms with Gasteiger partial charge in [-0.2, -0.15) is 0 Å². The molecule has 1 unspecified atom stereocenters. The summed E-state index contributed by atoms with van der Waals surface area (Å²) in [4.78, 5) is 12.1. The lowest BCUT2D eigenvalue weighted by molar-refractivity contribution is -0.129. The summed E-state index contributed by atoms with van der Waals surface area (Å²) in [6.07, 6.45) is 6.15. The molecule has 0 aromatic carbocycles. The van der Waals surface area contributed by atoms with Crippen molar-refractivity contribution >= 4 is 18.3 Å². The quantitative estimate of drug-likeness (QED) is 0.816. The first-order valence-electron chi connectivity index (χ1n) is 6.53. The molecule has 3 nitrogen and oxygen atoms in total. The van der Waals surface area contributed by atoms with Gasteiger partial charge in [-0.3, -0.25) is 4.79 Å². The van der Waals surface area contributed by atoms with Crippen molar-refractivity contribution in [2.24, 2.45) is 10.8 Å². The second-order valence-corrected chi connectivity index (χ2v) is 6.19. The molecule has 1 saturated heterocycles. The number of carbonyl (C=O) groups excluding carboxylic acids is 1. The lowest BCUT2D eigenvalue weighted by atomic mass is 9.86. The number of nitrogens with one attached hydrogen (secondary N) is 2. The molecule has 1 atom stereocenters. The Bertz CT molecular complexity index is 269. The first-order chi connectivity index (χ1) is 7.54. The number of carbonyl (C=O) groups is 1. The van der Waals surface area contributed by atoms with Crippen molar-refractivity contribution in [3.05, 3.63) is 0 Å². The maximum Gasteiger partial charge on any atom is 0.227 e. The highest BCUT2D eigenvalue weighted by molar-refractivity contribution is 5.85. The van der Waals surface area contributed by atoms with Gasteiger partial charge in [0.1, 0.15) is 0 Å². The zero-order valence-electron chi connectivity index (χ0n) is 11.0. The summed E-state index contributed by atoms with van der Waals surface area (Å²) in [6.45, 7) is 7.03. The molecule has 2 N–H and O–H groups in total. The van der Waals surface area contributed by atoms with Gasteiger partial charge >= 0.3 is 0 Å². The van der Waals surface area contributed by atoms with Gasteiger partial charge in [0, 0.05) is 13.1 Å². The van der Waals surface area contributed by atoms with Gasteiger partial charge in [0.05, 0.1) is 5.41 Å². The normalized spacial score (nSPS) is 30.9. The first kappa shape index (κ1) is 14.8. The Morgan fingerprint density at radius 2 is 1.88 bits per heavy atom. The van der Waals surface area contributed by atoms with Gasteiger partial charge < -0.3 is 10.6 Å². The molecule has 4 heteroatoms. The minimum Gasteiger partial charge on any atom is -0.355 e. The van der Waals surface area contributed by atoms with Crippen LogP contribution < -0.4 is 10.6 Å². The summed E-state index contributed by atoms with van der Waals surface area (Å²) in [5.41, 5.74) is 0.188. The molecule has 17 heavy (non-hydrogen) atoms. The summed E-state index contributed by atoms with van der Waals surface area (Å²) < 4.78 is 0. The Morgan fingerprint density at radius 3 is 2.41 bits per heavy atom. The molecule has 1 amide bonds. The number of amides is 1. The fraction of sp³-hybridized carbons (Fsp3) is 0.923. The fourth-order valence-electron chi connectivity index (χ4n) is 2.92. The lowest BCUT2D eigenvalue weighted by Gasteiger charge is -2.27. The third kappa shape index (κ3) is 3.35. The Balaban J connectivity index is 0.00000144. The van der Waals surface area contributed by atoms with Crippen LogP contribution in [0.5, 0.6) is 0 Å². The smallest absolute Gasteiger partial charge is 0.227 e. The van der Waals surface area contributed by atoms with Crippen LogP contribution in [0.2, 0.25) is 0 Å². The summed E-state index contributed by atoms with van der Waals surface area (Å²) in [5.74, 6) is 0.241. The first-order valence-corrected chi connectivity index (χ1v) is 6.53. The van der Waals surface area contributed by atoms with Gasteiger partial charge in [-0.25, -0.2) is 0 Å². The van der Waals surface area contributed by atoms with Crippen LogP contribution in [-0.2, 0) is 4.79 Å². The van der Waals surface area contributed by atoms with E-state index in [1.807, 2.05) is 0 Å². The third-order valence-corrected chi connectivity index (χ3v) is 4.40. The van der Waals surface area contributed by atoms with Crippen molar-refractivity contribution in [2.75, 3.05) is 19.6 Å². The van der Waals surface area contributed by atoms with Crippen LogP contribution in [0.4, 0.5) is 0 Å². The highest BCUT2D eigenvalue weighted by atomic mass is 35.5. The van der Waals surface area contributed by atoms with E-state index in [0.717, 1.165) is 26.1 Å². The van der Waals surface area contributed by atoms with Crippen molar-refractivity contribution in [3.8, 4) is 0 Å². The van der Waals surface area contributed by atoms with Crippen LogP contribution in [0, 0.1) is 10.8 Å². The van der Waals surface area contributed by atoms with E-state index >= 15 is 0 Å². The molecular formula is C13H25ClN2O. The maximum absolute atomic E-state index is 12.1. The molecule has 1 aliphatic carbocycles. The molecule has 1 heterocycles. The monoisotopic (exact) mass is 260 g/mol. The highest BCUT2D eigenvalue weighted by Gasteiger charge is 2.37. The highest BCUT2D eigenvalue weighted by Crippen LogP contribution is 2.37. The fourth-order valence-corrected chi connectivity index (χ4v) is 2.92. The van der Waals surface area contributed by atoms with E-state index in [1.54, 1.807) is 0 Å². The van der Waals surface area contributed by atoms with E-state index in [9.17, 15) is 4.79 Å². The van der Waals surface area contributed by atoms with Crippen molar-refractivity contribution in [2.45, 2.75) is 46.0 Å². The van der Waals surface area contributed by atoms with E-state index in [1.165, 1.54) is 25.7 Å². The van der Waals surface area contributed by atoms with Crippen LogP contribution in [0.25, 0.3) is 0 Å². The largest absolute Gasteiger partial charge is 0.355 e. The van der Waals surface area contributed by atoms with Crippen LogP contribution in [0.15, 0.2) is 0 Å². The van der Waals surface area contributed by atoms with Crippen molar-refractivity contribution in [3.63, 3.8) is 0 Å². The summed E-state index contributed by atoms with van der Waals surface area (Å²) in [6, 6.07) is 0. The van der Waals surface area contributed by atoms with Gasteiger partial charge in [-0.05, 0) is 38.1 Å². The average molecular weight is 261 g/mol. The van der Waals surface area contributed by atoms with E-state index in [0.29, 0.717) is 5.41 Å². The summed E-state index contributed by atoms with van der Waals surface area (Å²) >= 11 is 0. The average Bonchev–Trinajstić information content (AvgIpc) is 2.86. The number of hydrogen-bond donors (Lipinski definition) is 2. The van der Waals surface area contributed by atoms with Gasteiger partial charge in [-0.15, -0.1) is 12.4 Å². The van der Waals surface area contributed by atoms with Crippen LogP contribution in [0.1, 0.15) is 46.0 Å². The van der Waals surface area contributed by atoms with Crippen LogP contribution in [-0.4, -0.2) is 25.5 Å². The molecule has 0 spiro atoms. The minimum absolute atomic E-state index is 0. The van der Waals surface area contributed by atoms with Crippen LogP contribution >= 0.6 is 12.4 Å². The lowest BCUT2D eigenvalue weighted by Crippen LogP contribution is -2.44. The molecule has 0 aromatic rings. The number of rotatable bonds is 3. The maximum atomic E-state index is 12.1. The van der Waals surface area contributed by atoms with E-state index in [4.69, 9.17) is 0 Å². The molecule has 1 aliphatic heterocycles. The van der Waals surface area contributed by atoms with Gasteiger partial charge in [-0.1, -0.05) is 19.8 Å². The van der Waals surface area contributed by atoms with Gasteiger partial charge in [0.15, 0.2) is 0 Å². The molecule has 0 aromatic heterocycles. The zero-order valence-corrected chi connectivity index (χ0v) is 11.8. The van der Waals surface area contributed by atoms with Crippen LogP contribution in [0.3, 0.4) is 0 Å². The molecule has 0 bridgehead atoms. The van der Waals surface area contributed by atoms with Gasteiger partial charge in [0.2, 0.25) is 5.91 Å². The Hall–Kier alpha value is -0.280. The predicted molar refractivity (Wildman–Crippen MR) is 72.4 cm³/mol. The molecule has 2 aliphatic rings. The summed E-state index contributed by atoms with van der Waals surface area (Å²) in [5, 5.41) is 6.44. The van der Waals surface area contributed by atoms with E-state index in [-0.39, 0.29) is 23.7 Å². The Labute approximate surface area is 111 Å². The molecular weight excluding hydrogens is 236 g/mol. The minimum atomic E-state index is -0.172. The third-order valence-electron chi connectivity index (χ3n) is 4.40. The summed E-state index contributed by atoms with van der Waals surface area (Å²) in [7, 11) is 0. The van der Waals surface area contributed by atoms with Gasteiger partial charge in [0.25, 0.3) is 0 Å². The van der Waals surface area contributed by atoms with Crippen molar-refractivity contribution in [1.82, 2.24) is 10.6 Å². The zero-order chi connectivity index (χ0) is 11.6. The second-order valence-electron chi connectivity index (χ2n) is 6.19. The SMILES string of the molecule is CC1(CNC(=O)C2(C)CCNC2)CCCC1.Cl. The predicted octanol–water partition coefficient (Wildman–Crippen LogP) is 2.10. The van der Waals surface area contributed by atoms with E-state index in [2.05, 4.69) is 24.5 Å². The number of hydrogen-bond acceptors (Lipinski definition) is 2. The molecule has 1 saturated carbocycles. The topological polar surface area (TPSA) is 41.1 Å².